The van der Waals surface area contributed by atoms with Gasteiger partial charge in [-0.1, -0.05) is 121 Å². The van der Waals surface area contributed by atoms with Gasteiger partial charge in [-0.3, -0.25) is 9.59 Å². The summed E-state index contributed by atoms with van der Waals surface area (Å²) in [5.74, 6) is 0.879. The van der Waals surface area contributed by atoms with E-state index in [1.54, 1.807) is 24.3 Å². The number of hydrogen-bond donors (Lipinski definition) is 2. The number of benzene rings is 4. The molecule has 4 aromatic carbocycles. The molecule has 1 heterocycles. The van der Waals surface area contributed by atoms with Crippen molar-refractivity contribution in [1.29, 1.82) is 0 Å². The first-order valence-electron chi connectivity index (χ1n) is 21.3. The number of nitrogens with zero attached hydrogens (tertiary/aromatic N) is 1. The number of nitrogens with two attached hydrogens (primary N) is 1. The normalized spacial score (nSPS) is 11.4. The minimum absolute atomic E-state index is 0. The van der Waals surface area contributed by atoms with Gasteiger partial charge < -0.3 is 15.8 Å². The van der Waals surface area contributed by atoms with Crippen LogP contribution in [0.2, 0.25) is 0 Å². The molecule has 0 radical (unpaired) electrons. The Labute approximate surface area is 373 Å². The smallest absolute Gasteiger partial charge is 0.251 e. The number of sulfone groups is 1. The van der Waals surface area contributed by atoms with Gasteiger partial charge in [0.05, 0.1) is 11.2 Å². The average Bonchev–Trinajstić information content (AvgIpc) is 3.75. The highest BCUT2D eigenvalue weighted by Gasteiger charge is 2.19. The van der Waals surface area contributed by atoms with E-state index in [2.05, 4.69) is 106 Å². The molecule has 334 valence electrons. The number of thiazole rings is 1. The van der Waals surface area contributed by atoms with Crippen LogP contribution in [0.15, 0.2) is 108 Å². The zero-order chi connectivity index (χ0) is 46.0. The minimum Gasteiger partial charge on any atom is -0.399 e. The second-order valence-corrected chi connectivity index (χ2v) is 18.5. The number of anilines is 1. The van der Waals surface area contributed by atoms with Crippen molar-refractivity contribution < 1.29 is 24.2 Å². The predicted octanol–water partition coefficient (Wildman–Crippen LogP) is 12.1. The Morgan fingerprint density at radius 3 is 1.85 bits per heavy atom. The lowest BCUT2D eigenvalue weighted by Gasteiger charge is -2.17. The number of rotatable bonds is 15. The van der Waals surface area contributed by atoms with Crippen LogP contribution in [0.5, 0.6) is 0 Å². The molecule has 3 N–H and O–H groups in total. The summed E-state index contributed by atoms with van der Waals surface area (Å²) in [4.78, 5) is 41.1. The van der Waals surface area contributed by atoms with Crippen LogP contribution < -0.4 is 11.1 Å². The lowest BCUT2D eigenvalue weighted by Crippen LogP contribution is -2.36. The largest absolute Gasteiger partial charge is 0.399 e. The summed E-state index contributed by atoms with van der Waals surface area (Å²) in [6.07, 6.45) is 7.60. The summed E-state index contributed by atoms with van der Waals surface area (Å²) < 4.78 is 19.3. The van der Waals surface area contributed by atoms with Gasteiger partial charge in [0, 0.05) is 61.4 Å². The number of aryl methyl sites for hydroxylation is 3. The predicted molar refractivity (Wildman–Crippen MR) is 261 cm³/mol. The summed E-state index contributed by atoms with van der Waals surface area (Å²) >= 11 is 1.56. The van der Waals surface area contributed by atoms with Crippen molar-refractivity contribution in [2.45, 2.75) is 125 Å². The monoisotopic (exact) mass is 871 g/mol. The van der Waals surface area contributed by atoms with Crippen LogP contribution in [0, 0.1) is 6.92 Å². The molecule has 0 aliphatic rings. The standard InChI is InChI=1S/C34H38N2O2S.C9H13N.C4H8O.C2H6O2S.C2H6.H2/c1-4-31(21-32-22-39-23-35-32)36-34(38)30-19-27(12-8-11-26-9-6-5-7-10-26)18-29(20-30)33(37)17-25(3)28-15-13-24(2)14-16-28;1-7(2)8-3-5-9(10)6-4-8;1-3-4(2)5;1-5(2,3)4;1-2;/h5-7,9-10,13-16,18-20,22-23,25,31H,4,8,11-12,17,21H2,1-3H3,(H,36,38);3-7H,10H2,1-2H3;3H2,1-2H3;1-2H3;1-2H3;1H/t25-,31+;;;;;/m0...../s1. The SMILES string of the molecule is CC.CC(C)c1ccc(N)cc1.CCC(C)=O.CC[C@H](Cc1cscn1)NC(=O)c1cc(CCCc2ccccc2)cc(C(=O)C[C@H](C)c2ccc(C)cc2)c1.CS(C)(=O)=O.[HH]. The quantitative estimate of drug-likeness (QED) is 0.0789. The van der Waals surface area contributed by atoms with Crippen LogP contribution >= 0.6 is 11.3 Å². The van der Waals surface area contributed by atoms with E-state index < -0.39 is 9.84 Å². The highest BCUT2D eigenvalue weighted by atomic mass is 32.2. The lowest BCUT2D eigenvalue weighted by atomic mass is 9.91. The van der Waals surface area contributed by atoms with Gasteiger partial charge in [-0.2, -0.15) is 0 Å². The number of aromatic nitrogens is 1. The molecule has 0 saturated carbocycles. The molecule has 0 saturated heterocycles. The van der Waals surface area contributed by atoms with Crippen molar-refractivity contribution in [1.82, 2.24) is 10.3 Å². The maximum atomic E-state index is 13.5. The Bertz CT molecular complexity index is 2100. The molecular formula is C51H73N3O5S2. The first-order chi connectivity index (χ1) is 28.9. The summed E-state index contributed by atoms with van der Waals surface area (Å²) in [7, 11) is -2.67. The van der Waals surface area contributed by atoms with Crippen LogP contribution in [0.1, 0.15) is 149 Å². The zero-order valence-electron chi connectivity index (χ0n) is 38.5. The van der Waals surface area contributed by atoms with Gasteiger partial charge in [0.1, 0.15) is 15.6 Å². The molecule has 0 bridgehead atoms. The van der Waals surface area contributed by atoms with E-state index in [4.69, 9.17) is 5.73 Å². The molecule has 8 nitrogen and oxygen atoms in total. The molecular weight excluding hydrogens is 799 g/mol. The highest BCUT2D eigenvalue weighted by molar-refractivity contribution is 7.89. The van der Waals surface area contributed by atoms with Crippen molar-refractivity contribution in [3.8, 4) is 0 Å². The molecule has 0 unspecified atom stereocenters. The summed E-state index contributed by atoms with van der Waals surface area (Å²) in [6, 6.07) is 32.5. The van der Waals surface area contributed by atoms with Crippen LogP contribution in [0.25, 0.3) is 0 Å². The number of nitrogens with one attached hydrogen (secondary N) is 1. The van der Waals surface area contributed by atoms with E-state index in [1.165, 1.54) is 16.7 Å². The molecule has 5 aromatic rings. The second kappa shape index (κ2) is 29.3. The number of ketones is 2. The van der Waals surface area contributed by atoms with Crippen molar-refractivity contribution in [3.05, 3.63) is 153 Å². The highest BCUT2D eigenvalue weighted by Crippen LogP contribution is 2.24. The maximum absolute atomic E-state index is 13.5. The minimum atomic E-state index is -2.67. The van der Waals surface area contributed by atoms with E-state index >= 15 is 0 Å². The Morgan fingerprint density at radius 2 is 1.34 bits per heavy atom. The van der Waals surface area contributed by atoms with Gasteiger partial charge in [-0.15, -0.1) is 11.3 Å². The lowest BCUT2D eigenvalue weighted by molar-refractivity contribution is -0.116. The maximum Gasteiger partial charge on any atom is 0.251 e. The van der Waals surface area contributed by atoms with Crippen LogP contribution in [0.4, 0.5) is 5.69 Å². The Kier molecular flexibility index (Phi) is 26.0. The summed E-state index contributed by atoms with van der Waals surface area (Å²) in [5.41, 5.74) is 16.4. The fraction of sp³-hybridized carbons (Fsp3) is 0.412. The molecule has 1 amide bonds. The first kappa shape index (κ1) is 54.1. The third-order valence-electron chi connectivity index (χ3n) is 9.36. The summed E-state index contributed by atoms with van der Waals surface area (Å²) in [5, 5.41) is 5.20. The van der Waals surface area contributed by atoms with Crippen LogP contribution in [-0.2, 0) is 33.9 Å². The fourth-order valence-corrected chi connectivity index (χ4v) is 6.29. The number of nitrogen functional groups attached to an aromatic ring is 1. The number of amides is 1. The molecule has 0 spiro atoms. The molecule has 0 aliphatic heterocycles. The Hall–Kier alpha value is -4.93. The van der Waals surface area contributed by atoms with E-state index in [-0.39, 0.29) is 30.9 Å². The van der Waals surface area contributed by atoms with E-state index in [0.29, 0.717) is 36.3 Å². The van der Waals surface area contributed by atoms with Crippen molar-refractivity contribution in [2.24, 2.45) is 0 Å². The van der Waals surface area contributed by atoms with Gasteiger partial charge in [0.15, 0.2) is 5.78 Å². The number of carbonyl (C=O) groups is 3. The third kappa shape index (κ3) is 24.2. The molecule has 0 aliphatic carbocycles. The van der Waals surface area contributed by atoms with Crippen molar-refractivity contribution in [2.75, 3.05) is 18.2 Å². The zero-order valence-corrected chi connectivity index (χ0v) is 40.1. The van der Waals surface area contributed by atoms with E-state index in [0.717, 1.165) is 60.7 Å². The number of hydrogen-bond acceptors (Lipinski definition) is 8. The molecule has 0 fully saturated rings. The van der Waals surface area contributed by atoms with Gasteiger partial charge in [0.25, 0.3) is 5.91 Å². The topological polar surface area (TPSA) is 136 Å². The number of carbonyl (C=O) groups excluding carboxylic acids is 3. The Balaban J connectivity index is 0.00000133. The molecule has 61 heavy (non-hydrogen) atoms. The molecule has 1 aromatic heterocycles. The van der Waals surface area contributed by atoms with Crippen LogP contribution in [-0.4, -0.2) is 49.4 Å². The second-order valence-electron chi connectivity index (χ2n) is 15.5. The van der Waals surface area contributed by atoms with Crippen molar-refractivity contribution in [3.63, 3.8) is 0 Å². The molecule has 5 rings (SSSR count). The van der Waals surface area contributed by atoms with Crippen LogP contribution in [0.3, 0.4) is 0 Å². The number of Topliss-reactive ketones (excluding diaryl/α,β-unsaturated/α-hetero) is 2. The first-order valence-corrected chi connectivity index (χ1v) is 24.6. The van der Waals surface area contributed by atoms with E-state index in [1.807, 2.05) is 62.0 Å². The van der Waals surface area contributed by atoms with Gasteiger partial charge >= 0.3 is 0 Å². The van der Waals surface area contributed by atoms with Gasteiger partial charge in [-0.25, -0.2) is 13.4 Å². The van der Waals surface area contributed by atoms with E-state index in [9.17, 15) is 22.8 Å². The molecule has 10 heteroatoms. The van der Waals surface area contributed by atoms with Gasteiger partial charge in [-0.05, 0) is 104 Å². The summed E-state index contributed by atoms with van der Waals surface area (Å²) in [6.45, 7) is 18.0. The third-order valence-corrected chi connectivity index (χ3v) is 9.99. The fourth-order valence-electron chi connectivity index (χ4n) is 5.72. The van der Waals surface area contributed by atoms with Crippen molar-refractivity contribution >= 4 is 44.3 Å². The van der Waals surface area contributed by atoms with Gasteiger partial charge in [0.2, 0.25) is 0 Å². The Morgan fingerprint density at radius 1 is 0.803 bits per heavy atom. The average molecular weight is 872 g/mol. The molecule has 2 atom stereocenters.